The van der Waals surface area contributed by atoms with E-state index in [-0.39, 0.29) is 11.8 Å². The lowest BCUT2D eigenvalue weighted by atomic mass is 10.1. The number of imide groups is 1. The quantitative estimate of drug-likeness (QED) is 0.190. The van der Waals surface area contributed by atoms with Crippen LogP contribution in [-0.2, 0) is 9.59 Å². The minimum Gasteiger partial charge on any atom is -0.283 e. The molecule has 0 unspecified atom stereocenters. The molecule has 0 atom stereocenters. The van der Waals surface area contributed by atoms with Crippen LogP contribution in [0.25, 0.3) is 0 Å². The van der Waals surface area contributed by atoms with Crippen molar-refractivity contribution in [3.8, 4) is 0 Å². The normalized spacial score (nSPS) is 15.0. The first-order valence-corrected chi connectivity index (χ1v) is 10.7. The van der Waals surface area contributed by atoms with E-state index in [2.05, 4.69) is 19.1 Å². The van der Waals surface area contributed by atoms with Crippen LogP contribution in [0.5, 0.6) is 0 Å². The SMILES string of the molecule is CCCCCCCCC/C=C/CCCCCCCN1C(=O)CCC1=O. The van der Waals surface area contributed by atoms with E-state index in [1.807, 2.05) is 0 Å². The standard InChI is InChI=1S/C22H39NO2/c1-2-3-4-5-6-7-8-9-10-11-12-13-14-15-16-17-20-23-21(24)18-19-22(23)25/h10-11H,2-9,12-20H2,1H3/b11-10+. The van der Waals surface area contributed by atoms with Crippen molar-refractivity contribution in [1.29, 1.82) is 0 Å². The summed E-state index contributed by atoms with van der Waals surface area (Å²) in [7, 11) is 0. The first kappa shape index (κ1) is 21.9. The van der Waals surface area contributed by atoms with Crippen molar-refractivity contribution in [3.63, 3.8) is 0 Å². The van der Waals surface area contributed by atoms with Gasteiger partial charge in [-0.3, -0.25) is 14.5 Å². The molecule has 0 radical (unpaired) electrons. The predicted octanol–water partition coefficient (Wildman–Crippen LogP) is 6.17. The number of hydrogen-bond donors (Lipinski definition) is 0. The van der Waals surface area contributed by atoms with Gasteiger partial charge in [-0.2, -0.15) is 0 Å². The topological polar surface area (TPSA) is 37.4 Å². The number of carbonyl (C=O) groups excluding carboxylic acids is 2. The number of unbranched alkanes of at least 4 members (excludes halogenated alkanes) is 12. The highest BCUT2D eigenvalue weighted by atomic mass is 16.2. The highest BCUT2D eigenvalue weighted by molar-refractivity contribution is 6.01. The first-order valence-electron chi connectivity index (χ1n) is 10.7. The molecule has 3 nitrogen and oxygen atoms in total. The van der Waals surface area contributed by atoms with E-state index in [1.165, 1.54) is 81.9 Å². The Hall–Kier alpha value is -1.12. The van der Waals surface area contributed by atoms with E-state index in [0.29, 0.717) is 19.4 Å². The van der Waals surface area contributed by atoms with E-state index in [0.717, 1.165) is 12.8 Å². The summed E-state index contributed by atoms with van der Waals surface area (Å²) in [4.78, 5) is 24.4. The molecule has 0 aromatic rings. The van der Waals surface area contributed by atoms with Gasteiger partial charge >= 0.3 is 0 Å². The van der Waals surface area contributed by atoms with Crippen molar-refractivity contribution in [1.82, 2.24) is 4.90 Å². The Morgan fingerprint density at radius 1 is 0.680 bits per heavy atom. The van der Waals surface area contributed by atoms with Gasteiger partial charge in [0.05, 0.1) is 0 Å². The van der Waals surface area contributed by atoms with Crippen molar-refractivity contribution < 1.29 is 9.59 Å². The average molecular weight is 350 g/mol. The summed E-state index contributed by atoms with van der Waals surface area (Å²) in [5.74, 6) is 0.0483. The van der Waals surface area contributed by atoms with E-state index < -0.39 is 0 Å². The molecule has 1 aliphatic heterocycles. The van der Waals surface area contributed by atoms with Crippen LogP contribution < -0.4 is 0 Å². The monoisotopic (exact) mass is 349 g/mol. The first-order chi connectivity index (χ1) is 12.3. The molecular weight excluding hydrogens is 310 g/mol. The maximum absolute atomic E-state index is 11.5. The molecule has 144 valence electrons. The molecule has 1 heterocycles. The molecule has 25 heavy (non-hydrogen) atoms. The van der Waals surface area contributed by atoms with Crippen molar-refractivity contribution in [3.05, 3.63) is 12.2 Å². The zero-order valence-corrected chi connectivity index (χ0v) is 16.4. The lowest BCUT2D eigenvalue weighted by molar-refractivity contribution is -0.138. The fraction of sp³-hybridized carbons (Fsp3) is 0.818. The number of rotatable bonds is 16. The lowest BCUT2D eigenvalue weighted by Gasteiger charge is -2.12. The summed E-state index contributed by atoms with van der Waals surface area (Å²) in [5, 5.41) is 0. The van der Waals surface area contributed by atoms with Gasteiger partial charge < -0.3 is 0 Å². The summed E-state index contributed by atoms with van der Waals surface area (Å²) in [6.45, 7) is 2.90. The van der Waals surface area contributed by atoms with Crippen LogP contribution in [0.4, 0.5) is 0 Å². The lowest BCUT2D eigenvalue weighted by Crippen LogP contribution is -2.29. The molecule has 1 aliphatic rings. The van der Waals surface area contributed by atoms with Crippen LogP contribution in [0.15, 0.2) is 12.2 Å². The maximum atomic E-state index is 11.5. The van der Waals surface area contributed by atoms with Gasteiger partial charge in [-0.05, 0) is 32.1 Å². The third-order valence-electron chi connectivity index (χ3n) is 5.05. The summed E-state index contributed by atoms with van der Waals surface area (Å²) in [6.07, 6.45) is 23.5. The van der Waals surface area contributed by atoms with Crippen molar-refractivity contribution in [2.24, 2.45) is 0 Å². The van der Waals surface area contributed by atoms with Crippen LogP contribution in [0.3, 0.4) is 0 Å². The summed E-state index contributed by atoms with van der Waals surface area (Å²) in [5.41, 5.74) is 0. The van der Waals surface area contributed by atoms with Gasteiger partial charge in [0.25, 0.3) is 0 Å². The molecule has 0 N–H and O–H groups in total. The summed E-state index contributed by atoms with van der Waals surface area (Å²) >= 11 is 0. The highest BCUT2D eigenvalue weighted by Crippen LogP contribution is 2.14. The molecule has 0 bridgehead atoms. The number of likely N-dealkylation sites (tertiary alicyclic amines) is 1. The fourth-order valence-corrected chi connectivity index (χ4v) is 3.39. The second-order valence-corrected chi connectivity index (χ2v) is 7.38. The molecule has 2 amide bonds. The second-order valence-electron chi connectivity index (χ2n) is 7.38. The smallest absolute Gasteiger partial charge is 0.229 e. The molecule has 0 aromatic heterocycles. The third kappa shape index (κ3) is 11.2. The van der Waals surface area contributed by atoms with Gasteiger partial charge in [0, 0.05) is 19.4 Å². The highest BCUT2D eigenvalue weighted by Gasteiger charge is 2.27. The van der Waals surface area contributed by atoms with Gasteiger partial charge in [-0.1, -0.05) is 76.9 Å². The second kappa shape index (κ2) is 15.2. The Morgan fingerprint density at radius 2 is 1.12 bits per heavy atom. The number of hydrogen-bond acceptors (Lipinski definition) is 2. The molecule has 0 aliphatic carbocycles. The number of amides is 2. The maximum Gasteiger partial charge on any atom is 0.229 e. The van der Waals surface area contributed by atoms with Crippen molar-refractivity contribution >= 4 is 11.8 Å². The zero-order valence-electron chi connectivity index (χ0n) is 16.4. The summed E-state index contributed by atoms with van der Waals surface area (Å²) in [6, 6.07) is 0. The van der Waals surface area contributed by atoms with Gasteiger partial charge in [-0.15, -0.1) is 0 Å². The van der Waals surface area contributed by atoms with Crippen LogP contribution in [0.1, 0.15) is 110 Å². The molecule has 0 spiro atoms. The third-order valence-corrected chi connectivity index (χ3v) is 5.05. The minimum absolute atomic E-state index is 0.0242. The zero-order chi connectivity index (χ0) is 18.2. The van der Waals surface area contributed by atoms with Crippen LogP contribution >= 0.6 is 0 Å². The van der Waals surface area contributed by atoms with E-state index in [1.54, 1.807) is 0 Å². The Kier molecular flexibility index (Phi) is 13.3. The Morgan fingerprint density at radius 3 is 1.64 bits per heavy atom. The average Bonchev–Trinajstić information content (AvgIpc) is 2.93. The van der Waals surface area contributed by atoms with Crippen LogP contribution in [0.2, 0.25) is 0 Å². The summed E-state index contributed by atoms with van der Waals surface area (Å²) < 4.78 is 0. The molecule has 1 saturated heterocycles. The Labute approximate surface area is 155 Å². The fourth-order valence-electron chi connectivity index (χ4n) is 3.39. The van der Waals surface area contributed by atoms with Gasteiger partial charge in [0.2, 0.25) is 11.8 Å². The van der Waals surface area contributed by atoms with Crippen LogP contribution in [-0.4, -0.2) is 23.3 Å². The molecule has 1 rings (SSSR count). The van der Waals surface area contributed by atoms with Crippen LogP contribution in [0, 0.1) is 0 Å². The Bertz CT molecular complexity index is 373. The molecule has 0 aromatic carbocycles. The van der Waals surface area contributed by atoms with E-state index >= 15 is 0 Å². The Balaban J connectivity index is 1.79. The largest absolute Gasteiger partial charge is 0.283 e. The molecule has 1 fully saturated rings. The van der Waals surface area contributed by atoms with E-state index in [4.69, 9.17) is 0 Å². The minimum atomic E-state index is 0.0242. The molecule has 0 saturated carbocycles. The van der Waals surface area contributed by atoms with E-state index in [9.17, 15) is 9.59 Å². The van der Waals surface area contributed by atoms with Gasteiger partial charge in [0.1, 0.15) is 0 Å². The predicted molar refractivity (Wildman–Crippen MR) is 105 cm³/mol. The number of carbonyl (C=O) groups is 2. The van der Waals surface area contributed by atoms with Gasteiger partial charge in [0.15, 0.2) is 0 Å². The number of allylic oxidation sites excluding steroid dienone is 2. The molecule has 3 heteroatoms. The van der Waals surface area contributed by atoms with Crippen molar-refractivity contribution in [2.45, 2.75) is 110 Å². The van der Waals surface area contributed by atoms with Gasteiger partial charge in [-0.25, -0.2) is 0 Å². The molecular formula is C22H39NO2. The van der Waals surface area contributed by atoms with Crippen molar-refractivity contribution in [2.75, 3.05) is 6.54 Å². The number of nitrogens with zero attached hydrogens (tertiary/aromatic N) is 1.